The van der Waals surface area contributed by atoms with E-state index in [0.29, 0.717) is 10.1 Å². The Balaban J connectivity index is 2.32. The second kappa shape index (κ2) is 4.23. The highest BCUT2D eigenvalue weighted by molar-refractivity contribution is 7.92. The molecule has 1 aromatic heterocycles. The van der Waals surface area contributed by atoms with Crippen LogP contribution in [0.5, 0.6) is 0 Å². The van der Waals surface area contributed by atoms with Gasteiger partial charge in [0.15, 0.2) is 9.84 Å². The van der Waals surface area contributed by atoms with Crippen LogP contribution in [0.3, 0.4) is 0 Å². The van der Waals surface area contributed by atoms with Gasteiger partial charge in [-0.3, -0.25) is 0 Å². The molecule has 1 N–H and O–H groups in total. The van der Waals surface area contributed by atoms with Crippen molar-refractivity contribution in [3.8, 4) is 0 Å². The van der Waals surface area contributed by atoms with Gasteiger partial charge in [0.1, 0.15) is 4.21 Å². The molecule has 1 unspecified atom stereocenters. The highest BCUT2D eigenvalue weighted by atomic mass is 32.2. The summed E-state index contributed by atoms with van der Waals surface area (Å²) >= 11 is 1.33. The molecule has 2 heterocycles. The molecular weight excluding hydrogens is 230 g/mol. The Morgan fingerprint density at radius 3 is 2.93 bits per heavy atom. The number of rotatable bonds is 2. The van der Waals surface area contributed by atoms with Crippen LogP contribution in [0.1, 0.15) is 24.3 Å². The molecular formula is C10H15NO2S2. The van der Waals surface area contributed by atoms with Gasteiger partial charge in [-0.25, -0.2) is 8.42 Å². The maximum atomic E-state index is 11.5. The summed E-state index contributed by atoms with van der Waals surface area (Å²) in [6, 6.07) is 1.96. The van der Waals surface area contributed by atoms with E-state index in [1.165, 1.54) is 17.6 Å². The minimum atomic E-state index is -3.05. The van der Waals surface area contributed by atoms with E-state index in [4.69, 9.17) is 0 Å². The lowest BCUT2D eigenvalue weighted by Crippen LogP contribution is -2.28. The summed E-state index contributed by atoms with van der Waals surface area (Å²) in [6.07, 6.45) is 3.51. The van der Waals surface area contributed by atoms with Gasteiger partial charge in [0.05, 0.1) is 0 Å². The molecule has 1 fully saturated rings. The number of sulfone groups is 1. The summed E-state index contributed by atoms with van der Waals surface area (Å²) in [5.74, 6) is 0.370. The van der Waals surface area contributed by atoms with Gasteiger partial charge in [0.2, 0.25) is 0 Å². The number of piperidine rings is 1. The molecule has 0 amide bonds. The zero-order valence-electron chi connectivity index (χ0n) is 8.69. The van der Waals surface area contributed by atoms with Crippen molar-refractivity contribution < 1.29 is 8.42 Å². The van der Waals surface area contributed by atoms with Gasteiger partial charge in [0, 0.05) is 12.8 Å². The molecule has 0 bridgehead atoms. The third-order valence-corrected chi connectivity index (χ3v) is 5.56. The zero-order valence-corrected chi connectivity index (χ0v) is 10.3. The Labute approximate surface area is 94.4 Å². The van der Waals surface area contributed by atoms with E-state index in [9.17, 15) is 8.42 Å². The molecule has 3 nitrogen and oxygen atoms in total. The highest BCUT2D eigenvalue weighted by Crippen LogP contribution is 2.32. The average Bonchev–Trinajstić information content (AvgIpc) is 2.67. The Hall–Kier alpha value is -0.390. The van der Waals surface area contributed by atoms with Crippen LogP contribution >= 0.6 is 11.3 Å². The number of hydrogen-bond donors (Lipinski definition) is 1. The van der Waals surface area contributed by atoms with Crippen LogP contribution in [0.2, 0.25) is 0 Å². The normalized spacial score (nSPS) is 22.9. The predicted octanol–water partition coefficient (Wildman–Crippen LogP) is 1.62. The van der Waals surface area contributed by atoms with Gasteiger partial charge >= 0.3 is 0 Å². The summed E-state index contributed by atoms with van der Waals surface area (Å²) in [4.78, 5) is 0. The second-order valence-electron chi connectivity index (χ2n) is 3.98. The van der Waals surface area contributed by atoms with Crippen molar-refractivity contribution in [2.24, 2.45) is 0 Å². The zero-order chi connectivity index (χ0) is 10.9. The van der Waals surface area contributed by atoms with Crippen molar-refractivity contribution in [1.82, 2.24) is 5.32 Å². The monoisotopic (exact) mass is 245 g/mol. The SMILES string of the molecule is CS(=O)(=O)c1sccc1C1CCCNC1. The molecule has 0 aromatic carbocycles. The quantitative estimate of drug-likeness (QED) is 0.861. The van der Waals surface area contributed by atoms with Crippen molar-refractivity contribution in [3.05, 3.63) is 17.0 Å². The number of thiophene rings is 1. The van der Waals surface area contributed by atoms with E-state index < -0.39 is 9.84 Å². The lowest BCUT2D eigenvalue weighted by molar-refractivity contribution is 0.458. The number of nitrogens with one attached hydrogen (secondary N) is 1. The summed E-state index contributed by atoms with van der Waals surface area (Å²) in [5.41, 5.74) is 1.01. The van der Waals surface area contributed by atoms with Gasteiger partial charge in [-0.2, -0.15) is 0 Å². The largest absolute Gasteiger partial charge is 0.316 e. The maximum absolute atomic E-state index is 11.5. The highest BCUT2D eigenvalue weighted by Gasteiger charge is 2.23. The lowest BCUT2D eigenvalue weighted by Gasteiger charge is -2.22. The van der Waals surface area contributed by atoms with E-state index in [2.05, 4.69) is 5.32 Å². The van der Waals surface area contributed by atoms with E-state index in [-0.39, 0.29) is 0 Å². The molecule has 0 radical (unpaired) electrons. The second-order valence-corrected chi connectivity index (χ2v) is 7.11. The third kappa shape index (κ3) is 2.41. The summed E-state index contributed by atoms with van der Waals surface area (Å²) in [5, 5.41) is 5.19. The Kier molecular flexibility index (Phi) is 3.13. The molecule has 2 rings (SSSR count). The molecule has 84 valence electrons. The van der Waals surface area contributed by atoms with Gasteiger partial charge in [-0.1, -0.05) is 0 Å². The van der Waals surface area contributed by atoms with Crippen LogP contribution < -0.4 is 5.32 Å². The standard InChI is InChI=1S/C10H15NO2S2/c1-15(12,13)10-9(4-6-14-10)8-3-2-5-11-7-8/h4,6,8,11H,2-3,5,7H2,1H3. The minimum Gasteiger partial charge on any atom is -0.316 e. The fourth-order valence-electron chi connectivity index (χ4n) is 2.03. The van der Waals surface area contributed by atoms with Crippen LogP contribution in [0.15, 0.2) is 15.7 Å². The number of hydrogen-bond acceptors (Lipinski definition) is 4. The van der Waals surface area contributed by atoms with Gasteiger partial charge in [-0.15, -0.1) is 11.3 Å². The minimum absolute atomic E-state index is 0.370. The summed E-state index contributed by atoms with van der Waals surface area (Å²) < 4.78 is 23.6. The topological polar surface area (TPSA) is 46.2 Å². The van der Waals surface area contributed by atoms with E-state index in [1.54, 1.807) is 0 Å². The fourth-order valence-corrected chi connectivity index (χ4v) is 4.26. The lowest BCUT2D eigenvalue weighted by atomic mass is 9.94. The Morgan fingerprint density at radius 2 is 2.33 bits per heavy atom. The Bertz CT molecular complexity index is 430. The molecule has 0 aliphatic carbocycles. The molecule has 1 saturated heterocycles. The summed E-state index contributed by atoms with van der Waals surface area (Å²) in [7, 11) is -3.05. The first kappa shape index (κ1) is 11.1. The molecule has 15 heavy (non-hydrogen) atoms. The maximum Gasteiger partial charge on any atom is 0.185 e. The van der Waals surface area contributed by atoms with Crippen molar-refractivity contribution >= 4 is 21.2 Å². The van der Waals surface area contributed by atoms with Crippen LogP contribution in [0.4, 0.5) is 0 Å². The molecule has 1 aliphatic heterocycles. The van der Waals surface area contributed by atoms with Gasteiger partial charge in [0.25, 0.3) is 0 Å². The molecule has 0 saturated carbocycles. The van der Waals surface area contributed by atoms with Crippen LogP contribution in [0.25, 0.3) is 0 Å². The van der Waals surface area contributed by atoms with Crippen molar-refractivity contribution in [2.75, 3.05) is 19.3 Å². The van der Waals surface area contributed by atoms with Crippen molar-refractivity contribution in [3.63, 3.8) is 0 Å². The van der Waals surface area contributed by atoms with E-state index in [0.717, 1.165) is 31.5 Å². The molecule has 1 atom stereocenters. The van der Waals surface area contributed by atoms with Gasteiger partial charge in [-0.05, 0) is 42.3 Å². The first-order chi connectivity index (χ1) is 7.09. The average molecular weight is 245 g/mol. The fraction of sp³-hybridized carbons (Fsp3) is 0.600. The smallest absolute Gasteiger partial charge is 0.185 e. The van der Waals surface area contributed by atoms with E-state index >= 15 is 0 Å². The van der Waals surface area contributed by atoms with Gasteiger partial charge < -0.3 is 5.32 Å². The first-order valence-corrected chi connectivity index (χ1v) is 7.84. The van der Waals surface area contributed by atoms with Crippen molar-refractivity contribution in [1.29, 1.82) is 0 Å². The van der Waals surface area contributed by atoms with Crippen LogP contribution in [-0.2, 0) is 9.84 Å². The van der Waals surface area contributed by atoms with E-state index in [1.807, 2.05) is 11.4 Å². The van der Waals surface area contributed by atoms with Crippen LogP contribution in [0, 0.1) is 0 Å². The molecule has 1 aromatic rings. The Morgan fingerprint density at radius 1 is 1.53 bits per heavy atom. The molecule has 0 spiro atoms. The third-order valence-electron chi connectivity index (χ3n) is 2.73. The molecule has 5 heteroatoms. The predicted molar refractivity (Wildman–Crippen MR) is 62.3 cm³/mol. The molecule has 1 aliphatic rings. The van der Waals surface area contributed by atoms with Crippen molar-refractivity contribution in [2.45, 2.75) is 23.0 Å². The summed E-state index contributed by atoms with van der Waals surface area (Å²) in [6.45, 7) is 1.95. The first-order valence-electron chi connectivity index (χ1n) is 5.07. The van der Waals surface area contributed by atoms with Crippen LogP contribution in [-0.4, -0.2) is 27.8 Å².